The van der Waals surface area contributed by atoms with E-state index in [4.69, 9.17) is 0 Å². The highest BCUT2D eigenvalue weighted by atomic mass is 16.4. The summed E-state index contributed by atoms with van der Waals surface area (Å²) in [4.78, 5) is 13.5. The lowest BCUT2D eigenvalue weighted by atomic mass is 9.99. The van der Waals surface area contributed by atoms with Crippen LogP contribution in [0.2, 0.25) is 0 Å². The third-order valence-electron chi connectivity index (χ3n) is 4.09. The van der Waals surface area contributed by atoms with E-state index in [-0.39, 0.29) is 0 Å². The van der Waals surface area contributed by atoms with Gasteiger partial charge in [-0.15, -0.1) is 0 Å². The Labute approximate surface area is 119 Å². The molecule has 0 bridgehead atoms. The second-order valence-electron chi connectivity index (χ2n) is 5.58. The van der Waals surface area contributed by atoms with Gasteiger partial charge in [-0.3, -0.25) is 0 Å². The Kier molecular flexibility index (Phi) is 3.98. The summed E-state index contributed by atoms with van der Waals surface area (Å²) in [6, 6.07) is 11.7. The Hall–Kier alpha value is -2.03. The summed E-state index contributed by atoms with van der Waals surface area (Å²) in [5.74, 6) is -0.356. The van der Waals surface area contributed by atoms with Gasteiger partial charge in [0.1, 0.15) is 0 Å². The van der Waals surface area contributed by atoms with Crippen LogP contribution >= 0.6 is 0 Å². The fraction of sp³-hybridized carbons (Fsp3) is 0.353. The van der Waals surface area contributed by atoms with Crippen molar-refractivity contribution in [3.05, 3.63) is 42.0 Å². The molecule has 3 heteroatoms. The number of hydrogen-bond donors (Lipinski definition) is 1. The zero-order valence-electron chi connectivity index (χ0n) is 12.4. The van der Waals surface area contributed by atoms with E-state index in [2.05, 4.69) is 32.7 Å². The minimum atomic E-state index is -0.882. The molecular formula is C17H21NO2. The fourth-order valence-corrected chi connectivity index (χ4v) is 2.44. The second kappa shape index (κ2) is 5.53. The first-order valence-corrected chi connectivity index (χ1v) is 6.91. The predicted molar refractivity (Wildman–Crippen MR) is 83.6 cm³/mol. The van der Waals surface area contributed by atoms with Crippen molar-refractivity contribution in [2.24, 2.45) is 5.92 Å². The first-order chi connectivity index (χ1) is 9.43. The van der Waals surface area contributed by atoms with Crippen molar-refractivity contribution in [3.63, 3.8) is 0 Å². The molecular weight excluding hydrogens is 250 g/mol. The van der Waals surface area contributed by atoms with E-state index in [9.17, 15) is 9.90 Å². The highest BCUT2D eigenvalue weighted by Crippen LogP contribution is 2.31. The molecule has 1 atom stereocenters. The van der Waals surface area contributed by atoms with Gasteiger partial charge in [-0.05, 0) is 30.4 Å². The van der Waals surface area contributed by atoms with Gasteiger partial charge < -0.3 is 10.0 Å². The number of carbonyl (C=O) groups is 1. The van der Waals surface area contributed by atoms with Crippen molar-refractivity contribution in [1.82, 2.24) is 0 Å². The molecule has 1 unspecified atom stereocenters. The third-order valence-corrected chi connectivity index (χ3v) is 4.09. The summed E-state index contributed by atoms with van der Waals surface area (Å²) in [7, 11) is 2.06. The first-order valence-electron chi connectivity index (χ1n) is 6.91. The molecule has 1 N–H and O–H groups in total. The van der Waals surface area contributed by atoms with E-state index in [1.165, 1.54) is 0 Å². The molecule has 0 radical (unpaired) electrons. The maximum Gasteiger partial charge on any atom is 0.336 e. The van der Waals surface area contributed by atoms with Crippen molar-refractivity contribution < 1.29 is 9.90 Å². The molecule has 0 heterocycles. The van der Waals surface area contributed by atoms with Crippen molar-refractivity contribution in [2.45, 2.75) is 26.8 Å². The molecule has 0 spiro atoms. The number of fused-ring (bicyclic) bond motifs is 1. The van der Waals surface area contributed by atoms with Gasteiger partial charge in [0.15, 0.2) is 0 Å². The van der Waals surface area contributed by atoms with Crippen LogP contribution in [0.4, 0.5) is 5.69 Å². The van der Waals surface area contributed by atoms with Gasteiger partial charge >= 0.3 is 5.97 Å². The monoisotopic (exact) mass is 271 g/mol. The average Bonchev–Trinajstić information content (AvgIpc) is 2.44. The number of benzene rings is 2. The van der Waals surface area contributed by atoms with Crippen molar-refractivity contribution in [2.75, 3.05) is 11.9 Å². The second-order valence-corrected chi connectivity index (χ2v) is 5.58. The number of anilines is 1. The van der Waals surface area contributed by atoms with Crippen molar-refractivity contribution in [3.8, 4) is 0 Å². The summed E-state index contributed by atoms with van der Waals surface area (Å²) in [6.45, 7) is 6.56. The number of carboxylic acid groups (broad SMARTS) is 1. The zero-order valence-corrected chi connectivity index (χ0v) is 12.4. The fourth-order valence-electron chi connectivity index (χ4n) is 2.44. The van der Waals surface area contributed by atoms with E-state index >= 15 is 0 Å². The number of carboxylic acids is 1. The molecule has 0 aromatic heterocycles. The van der Waals surface area contributed by atoms with Crippen LogP contribution in [0, 0.1) is 5.92 Å². The standard InChI is InChI=1S/C17H21NO2/c1-11(2)12(3)18(4)16-10-9-15(17(19)20)13-7-5-6-8-14(13)16/h5-12H,1-4H3,(H,19,20). The molecule has 2 rings (SSSR count). The Morgan fingerprint density at radius 1 is 1.05 bits per heavy atom. The predicted octanol–water partition coefficient (Wildman–Crippen LogP) is 4.02. The zero-order chi connectivity index (χ0) is 14.9. The molecule has 2 aromatic rings. The topological polar surface area (TPSA) is 40.5 Å². The smallest absolute Gasteiger partial charge is 0.336 e. The molecule has 0 amide bonds. The third kappa shape index (κ3) is 2.48. The molecule has 0 saturated heterocycles. The molecule has 0 fully saturated rings. The van der Waals surface area contributed by atoms with Crippen LogP contribution in [0.1, 0.15) is 31.1 Å². The van der Waals surface area contributed by atoms with Crippen LogP contribution in [-0.4, -0.2) is 24.2 Å². The first kappa shape index (κ1) is 14.4. The van der Waals surface area contributed by atoms with Crippen LogP contribution < -0.4 is 4.90 Å². The lowest BCUT2D eigenvalue weighted by molar-refractivity contribution is 0.0699. The number of aromatic carboxylic acids is 1. The summed E-state index contributed by atoms with van der Waals surface area (Å²) in [5, 5.41) is 11.1. The van der Waals surface area contributed by atoms with E-state index in [0.29, 0.717) is 17.5 Å². The Balaban J connectivity index is 2.62. The minimum Gasteiger partial charge on any atom is -0.478 e. The maximum atomic E-state index is 11.3. The van der Waals surface area contributed by atoms with Crippen LogP contribution in [0.3, 0.4) is 0 Å². The van der Waals surface area contributed by atoms with E-state index in [1.54, 1.807) is 6.07 Å². The normalized spacial score (nSPS) is 12.7. The van der Waals surface area contributed by atoms with Crippen molar-refractivity contribution >= 4 is 22.4 Å². The van der Waals surface area contributed by atoms with Gasteiger partial charge in [0.05, 0.1) is 5.56 Å². The van der Waals surface area contributed by atoms with Gasteiger partial charge in [0.25, 0.3) is 0 Å². The molecule has 0 aliphatic carbocycles. The molecule has 0 saturated carbocycles. The van der Waals surface area contributed by atoms with E-state index in [1.807, 2.05) is 30.3 Å². The van der Waals surface area contributed by atoms with Gasteiger partial charge in [0.2, 0.25) is 0 Å². The molecule has 0 aliphatic heterocycles. The molecule has 3 nitrogen and oxygen atoms in total. The van der Waals surface area contributed by atoms with Crippen LogP contribution in [0.25, 0.3) is 10.8 Å². The van der Waals surface area contributed by atoms with E-state index < -0.39 is 5.97 Å². The number of hydrogen-bond acceptors (Lipinski definition) is 2. The quantitative estimate of drug-likeness (QED) is 0.913. The number of nitrogens with zero attached hydrogens (tertiary/aromatic N) is 1. The maximum absolute atomic E-state index is 11.3. The summed E-state index contributed by atoms with van der Waals surface area (Å²) < 4.78 is 0. The van der Waals surface area contributed by atoms with Crippen molar-refractivity contribution in [1.29, 1.82) is 0 Å². The van der Waals surface area contributed by atoms with Gasteiger partial charge in [-0.1, -0.05) is 38.1 Å². The Morgan fingerprint density at radius 3 is 2.20 bits per heavy atom. The highest BCUT2D eigenvalue weighted by molar-refractivity contribution is 6.07. The van der Waals surface area contributed by atoms with E-state index in [0.717, 1.165) is 16.5 Å². The summed E-state index contributed by atoms with van der Waals surface area (Å²) in [5.41, 5.74) is 1.43. The lowest BCUT2D eigenvalue weighted by Gasteiger charge is -2.31. The molecule has 106 valence electrons. The molecule has 0 aliphatic rings. The van der Waals surface area contributed by atoms with Gasteiger partial charge in [-0.25, -0.2) is 4.79 Å². The minimum absolute atomic E-state index is 0.356. The SMILES string of the molecule is CC(C)C(C)N(C)c1ccc(C(=O)O)c2ccccc12. The Morgan fingerprint density at radius 2 is 1.65 bits per heavy atom. The van der Waals surface area contributed by atoms with Crippen LogP contribution in [-0.2, 0) is 0 Å². The highest BCUT2D eigenvalue weighted by Gasteiger charge is 2.18. The summed E-state index contributed by atoms with van der Waals surface area (Å²) >= 11 is 0. The molecule has 20 heavy (non-hydrogen) atoms. The average molecular weight is 271 g/mol. The van der Waals surface area contributed by atoms with Crippen LogP contribution in [0.5, 0.6) is 0 Å². The summed E-state index contributed by atoms with van der Waals surface area (Å²) in [6.07, 6.45) is 0. The van der Waals surface area contributed by atoms with Gasteiger partial charge in [-0.2, -0.15) is 0 Å². The lowest BCUT2D eigenvalue weighted by Crippen LogP contribution is -2.33. The molecule has 2 aromatic carbocycles. The van der Waals surface area contributed by atoms with Crippen LogP contribution in [0.15, 0.2) is 36.4 Å². The largest absolute Gasteiger partial charge is 0.478 e. The number of rotatable bonds is 4. The van der Waals surface area contributed by atoms with Gasteiger partial charge in [0, 0.05) is 24.2 Å². The Bertz CT molecular complexity index is 634.